The van der Waals surface area contributed by atoms with Gasteiger partial charge in [-0.15, -0.1) is 0 Å². The maximum atomic E-state index is 11.0. The van der Waals surface area contributed by atoms with Crippen molar-refractivity contribution < 1.29 is 9.32 Å². The lowest BCUT2D eigenvalue weighted by Gasteiger charge is -2.19. The first kappa shape index (κ1) is 11.6. The van der Waals surface area contributed by atoms with Crippen molar-refractivity contribution in [3.8, 4) is 0 Å². The molecule has 0 atom stereocenters. The number of ketones is 1. The SMILES string of the molecule is CC(=O)c1nc(CSC2CCCCC2)no1. The lowest BCUT2D eigenvalue weighted by molar-refractivity contribution is 0.0972. The van der Waals surface area contributed by atoms with Crippen LogP contribution < -0.4 is 0 Å². The van der Waals surface area contributed by atoms with Crippen LogP contribution in [-0.4, -0.2) is 21.2 Å². The quantitative estimate of drug-likeness (QED) is 0.757. The Labute approximate surface area is 99.2 Å². The topological polar surface area (TPSA) is 56.0 Å². The lowest BCUT2D eigenvalue weighted by Crippen LogP contribution is -2.08. The summed E-state index contributed by atoms with van der Waals surface area (Å²) in [5.41, 5.74) is 0. The van der Waals surface area contributed by atoms with Crippen molar-refractivity contribution in [3.05, 3.63) is 11.7 Å². The number of aromatic nitrogens is 2. The third-order valence-electron chi connectivity index (χ3n) is 2.77. The molecule has 0 aromatic carbocycles. The number of rotatable bonds is 4. The summed E-state index contributed by atoms with van der Waals surface area (Å²) in [7, 11) is 0. The maximum Gasteiger partial charge on any atom is 0.293 e. The Balaban J connectivity index is 1.81. The van der Waals surface area contributed by atoms with Gasteiger partial charge in [0.25, 0.3) is 5.89 Å². The van der Waals surface area contributed by atoms with E-state index in [1.807, 2.05) is 11.8 Å². The van der Waals surface area contributed by atoms with E-state index in [9.17, 15) is 4.79 Å². The van der Waals surface area contributed by atoms with Gasteiger partial charge >= 0.3 is 0 Å². The summed E-state index contributed by atoms with van der Waals surface area (Å²) in [6.45, 7) is 1.44. The molecule has 0 aliphatic heterocycles. The Hall–Kier alpha value is -0.840. The highest BCUT2D eigenvalue weighted by molar-refractivity contribution is 7.99. The number of carbonyl (C=O) groups is 1. The molecule has 0 bridgehead atoms. The van der Waals surface area contributed by atoms with Gasteiger partial charge in [-0.3, -0.25) is 4.79 Å². The minimum absolute atomic E-state index is 0.124. The highest BCUT2D eigenvalue weighted by atomic mass is 32.2. The van der Waals surface area contributed by atoms with E-state index in [4.69, 9.17) is 4.52 Å². The van der Waals surface area contributed by atoms with Crippen LogP contribution in [0.3, 0.4) is 0 Å². The molecule has 0 spiro atoms. The summed E-state index contributed by atoms with van der Waals surface area (Å²) < 4.78 is 4.84. The zero-order chi connectivity index (χ0) is 11.4. The Bertz CT molecular complexity index is 359. The predicted octanol–water partition coefficient (Wildman–Crippen LogP) is 2.84. The van der Waals surface area contributed by atoms with Crippen molar-refractivity contribution in [2.75, 3.05) is 0 Å². The predicted molar refractivity (Wildman–Crippen MR) is 62.5 cm³/mol. The number of Topliss-reactive ketones (excluding diaryl/α,β-unsaturated/α-hetero) is 1. The normalized spacial score (nSPS) is 17.6. The van der Waals surface area contributed by atoms with Crippen LogP contribution in [-0.2, 0) is 5.75 Å². The van der Waals surface area contributed by atoms with Gasteiger partial charge < -0.3 is 4.52 Å². The molecule has 1 aliphatic rings. The molecular weight excluding hydrogens is 224 g/mol. The molecule has 0 unspecified atom stereocenters. The second kappa shape index (κ2) is 5.48. The van der Waals surface area contributed by atoms with Crippen molar-refractivity contribution in [1.82, 2.24) is 10.1 Å². The Kier molecular flexibility index (Phi) is 3.98. The highest BCUT2D eigenvalue weighted by Gasteiger charge is 2.16. The van der Waals surface area contributed by atoms with E-state index in [0.717, 1.165) is 11.0 Å². The maximum absolute atomic E-state index is 11.0. The molecule has 0 saturated heterocycles. The molecule has 1 fully saturated rings. The van der Waals surface area contributed by atoms with Gasteiger partial charge in [-0.1, -0.05) is 24.4 Å². The standard InChI is InChI=1S/C11H16N2O2S/c1-8(14)11-12-10(13-15-11)7-16-9-5-3-2-4-6-9/h9H,2-7H2,1H3. The van der Waals surface area contributed by atoms with Crippen molar-refractivity contribution in [2.45, 2.75) is 50.0 Å². The second-order valence-corrected chi connectivity index (χ2v) is 5.43. The average molecular weight is 240 g/mol. The van der Waals surface area contributed by atoms with Gasteiger partial charge in [0.2, 0.25) is 5.78 Å². The lowest BCUT2D eigenvalue weighted by atomic mass is 10.0. The van der Waals surface area contributed by atoms with Crippen LogP contribution in [0.1, 0.15) is 55.5 Å². The van der Waals surface area contributed by atoms with E-state index in [-0.39, 0.29) is 11.7 Å². The number of hydrogen-bond acceptors (Lipinski definition) is 5. The molecule has 1 aliphatic carbocycles. The molecule has 4 nitrogen and oxygen atoms in total. The Morgan fingerprint density at radius 1 is 1.44 bits per heavy atom. The first-order valence-electron chi connectivity index (χ1n) is 5.71. The number of hydrogen-bond donors (Lipinski definition) is 0. The molecule has 88 valence electrons. The molecule has 16 heavy (non-hydrogen) atoms. The summed E-state index contributed by atoms with van der Waals surface area (Å²) in [6.07, 6.45) is 6.63. The zero-order valence-electron chi connectivity index (χ0n) is 9.44. The molecule has 5 heteroatoms. The van der Waals surface area contributed by atoms with Gasteiger partial charge in [-0.05, 0) is 12.8 Å². The summed E-state index contributed by atoms with van der Waals surface area (Å²) in [5.74, 6) is 1.35. The van der Waals surface area contributed by atoms with Crippen molar-refractivity contribution >= 4 is 17.5 Å². The van der Waals surface area contributed by atoms with Crippen LogP contribution in [0.5, 0.6) is 0 Å². The number of carbonyl (C=O) groups excluding carboxylic acids is 1. The average Bonchev–Trinajstić information content (AvgIpc) is 2.76. The molecule has 0 N–H and O–H groups in total. The molecule has 1 aromatic heterocycles. The van der Waals surface area contributed by atoms with Gasteiger partial charge in [0.15, 0.2) is 5.82 Å². The fourth-order valence-corrected chi connectivity index (χ4v) is 3.05. The second-order valence-electron chi connectivity index (χ2n) is 4.14. The van der Waals surface area contributed by atoms with E-state index in [1.54, 1.807) is 0 Å². The molecule has 0 amide bonds. The van der Waals surface area contributed by atoms with Gasteiger partial charge in [0.05, 0.1) is 5.75 Å². The summed E-state index contributed by atoms with van der Waals surface area (Å²) >= 11 is 1.88. The summed E-state index contributed by atoms with van der Waals surface area (Å²) in [4.78, 5) is 15.0. The third-order valence-corrected chi connectivity index (χ3v) is 4.14. The molecule has 1 saturated carbocycles. The van der Waals surface area contributed by atoms with E-state index in [1.165, 1.54) is 39.0 Å². The van der Waals surface area contributed by atoms with Crippen LogP contribution in [0, 0.1) is 0 Å². The molecule has 2 rings (SSSR count). The van der Waals surface area contributed by atoms with Gasteiger partial charge in [0, 0.05) is 12.2 Å². The number of thioether (sulfide) groups is 1. The fourth-order valence-electron chi connectivity index (χ4n) is 1.88. The van der Waals surface area contributed by atoms with Crippen LogP contribution >= 0.6 is 11.8 Å². The van der Waals surface area contributed by atoms with E-state index < -0.39 is 0 Å². The summed E-state index contributed by atoms with van der Waals surface area (Å²) in [5, 5.41) is 4.52. The Morgan fingerprint density at radius 3 is 2.81 bits per heavy atom. The van der Waals surface area contributed by atoms with E-state index >= 15 is 0 Å². The smallest absolute Gasteiger partial charge is 0.293 e. The first-order chi connectivity index (χ1) is 7.75. The minimum atomic E-state index is -0.165. The molecule has 1 heterocycles. The molecular formula is C11H16N2O2S. The molecule has 0 radical (unpaired) electrons. The number of nitrogens with zero attached hydrogens (tertiary/aromatic N) is 2. The van der Waals surface area contributed by atoms with E-state index in [0.29, 0.717) is 5.82 Å². The van der Waals surface area contributed by atoms with Crippen LogP contribution in [0.25, 0.3) is 0 Å². The van der Waals surface area contributed by atoms with Crippen LogP contribution in [0.15, 0.2) is 4.52 Å². The summed E-state index contributed by atoms with van der Waals surface area (Å²) in [6, 6.07) is 0. The van der Waals surface area contributed by atoms with Crippen molar-refractivity contribution in [2.24, 2.45) is 0 Å². The van der Waals surface area contributed by atoms with Gasteiger partial charge in [0.1, 0.15) is 0 Å². The fraction of sp³-hybridized carbons (Fsp3) is 0.727. The minimum Gasteiger partial charge on any atom is -0.331 e. The largest absolute Gasteiger partial charge is 0.331 e. The van der Waals surface area contributed by atoms with Crippen molar-refractivity contribution in [3.63, 3.8) is 0 Å². The zero-order valence-corrected chi connectivity index (χ0v) is 10.3. The first-order valence-corrected chi connectivity index (χ1v) is 6.75. The van der Waals surface area contributed by atoms with E-state index in [2.05, 4.69) is 10.1 Å². The third kappa shape index (κ3) is 3.07. The highest BCUT2D eigenvalue weighted by Crippen LogP contribution is 2.29. The van der Waals surface area contributed by atoms with Crippen LogP contribution in [0.2, 0.25) is 0 Å². The Morgan fingerprint density at radius 2 is 2.19 bits per heavy atom. The van der Waals surface area contributed by atoms with Crippen LogP contribution in [0.4, 0.5) is 0 Å². The van der Waals surface area contributed by atoms with Crippen molar-refractivity contribution in [1.29, 1.82) is 0 Å². The monoisotopic (exact) mass is 240 g/mol. The molecule has 1 aromatic rings. The van der Waals surface area contributed by atoms with Gasteiger partial charge in [-0.25, -0.2) is 0 Å². The van der Waals surface area contributed by atoms with Gasteiger partial charge in [-0.2, -0.15) is 16.7 Å².